The van der Waals surface area contributed by atoms with Crippen LogP contribution in [0.25, 0.3) is 4.91 Å². The molecular formula is C26H23N3OS. The number of benzene rings is 3. The molecule has 0 fully saturated rings. The van der Waals surface area contributed by atoms with Crippen LogP contribution in [0.2, 0.25) is 0 Å². The standard InChI is InChI=1S/C26H23N3OS/c27-26(30)29-28-18-23-17-22(16-19-10-4-1-5-11-19)24(20-12-6-2-7-13-20)31-25(23)21-14-8-3-9-15-21/h1-15,17-18,24H,16H2,(H3,27,29,30). The molecule has 0 spiro atoms. The Kier molecular flexibility index (Phi) is 6.65. The van der Waals surface area contributed by atoms with Gasteiger partial charge in [0.25, 0.3) is 0 Å². The number of carbonyl (C=O) groups excluding carboxylic acids is 1. The number of allylic oxidation sites excluding steroid dienone is 2. The Hall–Kier alpha value is -3.57. The number of amides is 2. The Bertz CT molecular complexity index is 1120. The van der Waals surface area contributed by atoms with Crippen molar-refractivity contribution < 1.29 is 4.79 Å². The molecule has 0 bridgehead atoms. The fraction of sp³-hybridized carbons (Fsp3) is 0.0769. The molecule has 5 heteroatoms. The summed E-state index contributed by atoms with van der Waals surface area (Å²) < 4.78 is 0. The van der Waals surface area contributed by atoms with E-state index in [1.165, 1.54) is 16.7 Å². The Morgan fingerprint density at radius 1 is 0.935 bits per heavy atom. The van der Waals surface area contributed by atoms with Gasteiger partial charge in [0.1, 0.15) is 0 Å². The summed E-state index contributed by atoms with van der Waals surface area (Å²) in [7, 11) is 0. The average molecular weight is 426 g/mol. The molecule has 1 unspecified atom stereocenters. The molecule has 31 heavy (non-hydrogen) atoms. The first kappa shape index (κ1) is 20.7. The Labute approximate surface area is 186 Å². The SMILES string of the molecule is NC(=O)NN=CC1=C(c2ccccc2)SC(c2ccccc2)C(Cc2ccccc2)=C1. The molecule has 3 aromatic carbocycles. The van der Waals surface area contributed by atoms with Crippen LogP contribution in [0, 0.1) is 0 Å². The van der Waals surface area contributed by atoms with E-state index in [1.54, 1.807) is 6.21 Å². The molecule has 154 valence electrons. The van der Waals surface area contributed by atoms with Gasteiger partial charge in [0, 0.05) is 10.5 Å². The zero-order chi connectivity index (χ0) is 21.5. The lowest BCUT2D eigenvalue weighted by atomic mass is 9.95. The molecule has 1 atom stereocenters. The van der Waals surface area contributed by atoms with Crippen LogP contribution in [-0.4, -0.2) is 12.2 Å². The lowest BCUT2D eigenvalue weighted by Gasteiger charge is -2.28. The van der Waals surface area contributed by atoms with E-state index in [1.807, 2.05) is 42.1 Å². The van der Waals surface area contributed by atoms with E-state index in [0.717, 1.165) is 22.5 Å². The lowest BCUT2D eigenvalue weighted by molar-refractivity contribution is 0.249. The van der Waals surface area contributed by atoms with Crippen molar-refractivity contribution in [3.8, 4) is 0 Å². The number of hydrazone groups is 1. The van der Waals surface area contributed by atoms with Crippen molar-refractivity contribution in [3.63, 3.8) is 0 Å². The van der Waals surface area contributed by atoms with Crippen LogP contribution in [0.4, 0.5) is 4.79 Å². The van der Waals surface area contributed by atoms with Crippen LogP contribution in [0.1, 0.15) is 21.9 Å². The molecule has 0 aromatic heterocycles. The number of carbonyl (C=O) groups is 1. The van der Waals surface area contributed by atoms with Crippen molar-refractivity contribution >= 4 is 28.9 Å². The zero-order valence-corrected chi connectivity index (χ0v) is 17.8. The maximum atomic E-state index is 11.1. The van der Waals surface area contributed by atoms with E-state index in [0.29, 0.717) is 0 Å². The third kappa shape index (κ3) is 5.32. The van der Waals surface area contributed by atoms with Crippen LogP contribution >= 0.6 is 11.8 Å². The molecule has 2 amide bonds. The fourth-order valence-corrected chi connectivity index (χ4v) is 4.92. The van der Waals surface area contributed by atoms with Crippen LogP contribution in [0.3, 0.4) is 0 Å². The third-order valence-corrected chi connectivity index (χ3v) is 6.46. The van der Waals surface area contributed by atoms with Crippen LogP contribution in [-0.2, 0) is 6.42 Å². The molecular weight excluding hydrogens is 402 g/mol. The number of nitrogens with two attached hydrogens (primary N) is 1. The summed E-state index contributed by atoms with van der Waals surface area (Å²) in [4.78, 5) is 12.2. The van der Waals surface area contributed by atoms with E-state index >= 15 is 0 Å². The predicted molar refractivity (Wildman–Crippen MR) is 130 cm³/mol. The summed E-state index contributed by atoms with van der Waals surface area (Å²) >= 11 is 1.81. The van der Waals surface area contributed by atoms with E-state index in [4.69, 9.17) is 5.73 Å². The minimum Gasteiger partial charge on any atom is -0.350 e. The summed E-state index contributed by atoms with van der Waals surface area (Å²) in [6, 6.07) is 30.6. The van der Waals surface area contributed by atoms with Gasteiger partial charge in [0.2, 0.25) is 0 Å². The van der Waals surface area contributed by atoms with Crippen molar-refractivity contribution in [1.82, 2.24) is 5.43 Å². The third-order valence-electron chi connectivity index (χ3n) is 4.94. The average Bonchev–Trinajstić information content (AvgIpc) is 2.81. The maximum Gasteiger partial charge on any atom is 0.332 e. The molecule has 0 saturated carbocycles. The van der Waals surface area contributed by atoms with Crippen molar-refractivity contribution in [3.05, 3.63) is 125 Å². The Morgan fingerprint density at radius 2 is 1.55 bits per heavy atom. The maximum absolute atomic E-state index is 11.1. The lowest BCUT2D eigenvalue weighted by Crippen LogP contribution is -2.24. The van der Waals surface area contributed by atoms with Crippen molar-refractivity contribution in [1.29, 1.82) is 0 Å². The Morgan fingerprint density at radius 3 is 2.19 bits per heavy atom. The highest BCUT2D eigenvalue weighted by atomic mass is 32.2. The van der Waals surface area contributed by atoms with E-state index in [-0.39, 0.29) is 5.25 Å². The molecule has 4 nitrogen and oxygen atoms in total. The first-order valence-corrected chi connectivity index (χ1v) is 10.9. The van der Waals surface area contributed by atoms with Gasteiger partial charge in [-0.15, -0.1) is 11.8 Å². The second-order valence-corrected chi connectivity index (χ2v) is 8.29. The van der Waals surface area contributed by atoms with Gasteiger partial charge in [0.15, 0.2) is 0 Å². The van der Waals surface area contributed by atoms with Gasteiger partial charge in [-0.05, 0) is 28.7 Å². The zero-order valence-electron chi connectivity index (χ0n) is 16.9. The molecule has 3 aromatic rings. The van der Waals surface area contributed by atoms with Crippen molar-refractivity contribution in [2.75, 3.05) is 0 Å². The summed E-state index contributed by atoms with van der Waals surface area (Å²) in [6.45, 7) is 0. The second-order valence-electron chi connectivity index (χ2n) is 7.17. The number of thioether (sulfide) groups is 1. The molecule has 3 N–H and O–H groups in total. The molecule has 1 aliphatic rings. The van der Waals surface area contributed by atoms with Gasteiger partial charge in [-0.3, -0.25) is 0 Å². The van der Waals surface area contributed by atoms with Crippen LogP contribution in [0.15, 0.2) is 113 Å². The van der Waals surface area contributed by atoms with Gasteiger partial charge < -0.3 is 5.73 Å². The second kappa shape index (κ2) is 9.96. The number of hydrogen-bond donors (Lipinski definition) is 2. The largest absolute Gasteiger partial charge is 0.350 e. The molecule has 0 aliphatic carbocycles. The van der Waals surface area contributed by atoms with Gasteiger partial charge in [-0.25, -0.2) is 10.2 Å². The fourth-order valence-electron chi connectivity index (χ4n) is 3.57. The van der Waals surface area contributed by atoms with Crippen molar-refractivity contribution in [2.24, 2.45) is 10.8 Å². The highest BCUT2D eigenvalue weighted by molar-refractivity contribution is 8.08. The summed E-state index contributed by atoms with van der Waals surface area (Å²) in [5.74, 6) is 0. The number of primary amides is 1. The summed E-state index contributed by atoms with van der Waals surface area (Å²) in [6.07, 6.45) is 4.69. The first-order valence-electron chi connectivity index (χ1n) is 10.0. The smallest absolute Gasteiger partial charge is 0.332 e. The Balaban J connectivity index is 1.80. The number of nitrogens with one attached hydrogen (secondary N) is 1. The van der Waals surface area contributed by atoms with Gasteiger partial charge in [-0.2, -0.15) is 5.10 Å². The topological polar surface area (TPSA) is 67.5 Å². The predicted octanol–water partition coefficient (Wildman–Crippen LogP) is 5.71. The van der Waals surface area contributed by atoms with E-state index in [2.05, 4.69) is 77.3 Å². The van der Waals surface area contributed by atoms with Gasteiger partial charge in [-0.1, -0.05) is 97.1 Å². The van der Waals surface area contributed by atoms with Crippen LogP contribution in [0.5, 0.6) is 0 Å². The number of rotatable bonds is 6. The quantitative estimate of drug-likeness (QED) is 0.392. The number of nitrogens with zero attached hydrogens (tertiary/aromatic N) is 1. The molecule has 0 saturated heterocycles. The monoisotopic (exact) mass is 425 g/mol. The summed E-state index contributed by atoms with van der Waals surface area (Å²) in [5, 5.41) is 4.22. The highest BCUT2D eigenvalue weighted by Gasteiger charge is 2.26. The number of urea groups is 1. The van der Waals surface area contributed by atoms with E-state index in [9.17, 15) is 4.79 Å². The molecule has 1 aliphatic heterocycles. The summed E-state index contributed by atoms with van der Waals surface area (Å²) in [5.41, 5.74) is 13.3. The minimum atomic E-state index is -0.683. The molecule has 4 rings (SSSR count). The highest BCUT2D eigenvalue weighted by Crippen LogP contribution is 2.49. The molecule has 0 radical (unpaired) electrons. The normalized spacial score (nSPS) is 16.3. The molecule has 1 heterocycles. The number of hydrogen-bond acceptors (Lipinski definition) is 3. The van der Waals surface area contributed by atoms with Gasteiger partial charge in [0.05, 0.1) is 11.5 Å². The van der Waals surface area contributed by atoms with Gasteiger partial charge >= 0.3 is 6.03 Å². The van der Waals surface area contributed by atoms with Crippen molar-refractivity contribution in [2.45, 2.75) is 11.7 Å². The van der Waals surface area contributed by atoms with E-state index < -0.39 is 6.03 Å². The first-order chi connectivity index (χ1) is 15.2. The van der Waals surface area contributed by atoms with Crippen LogP contribution < -0.4 is 11.2 Å². The minimum absolute atomic E-state index is 0.179.